The van der Waals surface area contributed by atoms with Gasteiger partial charge < -0.3 is 15.5 Å². The Kier molecular flexibility index (Phi) is 5.90. The van der Waals surface area contributed by atoms with Gasteiger partial charge in [0, 0.05) is 30.0 Å². The molecule has 1 heterocycles. The normalized spacial score (nSPS) is 10.7. The predicted molar refractivity (Wildman–Crippen MR) is 92.4 cm³/mol. The summed E-state index contributed by atoms with van der Waals surface area (Å²) in [4.78, 5) is 22.4. The van der Waals surface area contributed by atoms with Crippen LogP contribution in [0.3, 0.4) is 0 Å². The summed E-state index contributed by atoms with van der Waals surface area (Å²) in [5.74, 6) is 0.129. The number of anilines is 2. The fourth-order valence-corrected chi connectivity index (χ4v) is 2.01. The molecule has 0 radical (unpaired) electrons. The molecule has 0 fully saturated rings. The van der Waals surface area contributed by atoms with Crippen molar-refractivity contribution in [1.82, 2.24) is 20.2 Å². The molecule has 7 heteroatoms. The molecular formula is C16H20ClN5O. The first-order valence-corrected chi connectivity index (χ1v) is 7.62. The van der Waals surface area contributed by atoms with Crippen molar-refractivity contribution in [3.63, 3.8) is 0 Å². The van der Waals surface area contributed by atoms with E-state index < -0.39 is 0 Å². The summed E-state index contributed by atoms with van der Waals surface area (Å²) in [5.41, 5.74) is 2.08. The molecule has 0 unspecified atom stereocenters. The third-order valence-corrected chi connectivity index (χ3v) is 3.57. The highest BCUT2D eigenvalue weighted by atomic mass is 35.5. The molecule has 2 rings (SSSR count). The number of amides is 1. The van der Waals surface area contributed by atoms with Crippen LogP contribution in [-0.4, -0.2) is 48.0 Å². The molecule has 1 aromatic heterocycles. The lowest BCUT2D eigenvalue weighted by Crippen LogP contribution is -2.31. The lowest BCUT2D eigenvalue weighted by molar-refractivity contribution is 0.0946. The molecule has 0 spiro atoms. The van der Waals surface area contributed by atoms with Gasteiger partial charge in [-0.2, -0.15) is 0 Å². The van der Waals surface area contributed by atoms with Crippen LogP contribution in [0.4, 0.5) is 11.6 Å². The summed E-state index contributed by atoms with van der Waals surface area (Å²) in [5, 5.41) is 6.52. The molecule has 0 saturated heterocycles. The van der Waals surface area contributed by atoms with Crippen molar-refractivity contribution in [1.29, 1.82) is 0 Å². The molecule has 0 aliphatic rings. The van der Waals surface area contributed by atoms with Crippen LogP contribution in [0.5, 0.6) is 0 Å². The molecule has 0 saturated carbocycles. The van der Waals surface area contributed by atoms with Crippen molar-refractivity contribution in [2.45, 2.75) is 6.92 Å². The molecule has 1 amide bonds. The largest absolute Gasteiger partial charge is 0.349 e. The Morgan fingerprint density at radius 3 is 2.78 bits per heavy atom. The van der Waals surface area contributed by atoms with Crippen LogP contribution in [0.1, 0.15) is 16.1 Å². The third-order valence-electron chi connectivity index (χ3n) is 3.16. The van der Waals surface area contributed by atoms with Crippen LogP contribution >= 0.6 is 11.6 Å². The van der Waals surface area contributed by atoms with E-state index in [1.165, 1.54) is 0 Å². The minimum atomic E-state index is -0.223. The van der Waals surface area contributed by atoms with Crippen LogP contribution in [0.25, 0.3) is 0 Å². The zero-order valence-electron chi connectivity index (χ0n) is 13.4. The lowest BCUT2D eigenvalue weighted by Gasteiger charge is -2.11. The monoisotopic (exact) mass is 333 g/mol. The first-order chi connectivity index (χ1) is 11.0. The molecule has 0 atom stereocenters. The van der Waals surface area contributed by atoms with Crippen LogP contribution in [0.15, 0.2) is 30.5 Å². The fourth-order valence-electron chi connectivity index (χ4n) is 1.83. The second kappa shape index (κ2) is 7.89. The van der Waals surface area contributed by atoms with E-state index in [0.717, 1.165) is 17.8 Å². The standard InChI is InChI=1S/C16H20ClN5O/c1-11-4-5-12(10-13(11)17)20-16-19-7-6-14(21-16)15(23)18-8-9-22(2)3/h4-7,10H,8-9H2,1-3H3,(H,18,23)(H,19,20,21). The first kappa shape index (κ1) is 17.2. The number of nitrogens with zero attached hydrogens (tertiary/aromatic N) is 3. The van der Waals surface area contributed by atoms with Crippen LogP contribution in [0, 0.1) is 6.92 Å². The smallest absolute Gasteiger partial charge is 0.270 e. The van der Waals surface area contributed by atoms with Gasteiger partial charge in [-0.05, 0) is 44.8 Å². The van der Waals surface area contributed by atoms with E-state index in [1.54, 1.807) is 18.3 Å². The summed E-state index contributed by atoms with van der Waals surface area (Å²) in [6.07, 6.45) is 1.55. The van der Waals surface area contributed by atoms with E-state index in [-0.39, 0.29) is 5.91 Å². The topological polar surface area (TPSA) is 70.2 Å². The average Bonchev–Trinajstić information content (AvgIpc) is 2.51. The van der Waals surface area contributed by atoms with Crippen molar-refractivity contribution < 1.29 is 4.79 Å². The van der Waals surface area contributed by atoms with Crippen molar-refractivity contribution in [3.05, 3.63) is 46.7 Å². The summed E-state index contributed by atoms with van der Waals surface area (Å²) in [6, 6.07) is 7.17. The second-order valence-corrected chi connectivity index (χ2v) is 5.82. The molecule has 6 nitrogen and oxygen atoms in total. The Morgan fingerprint density at radius 1 is 1.30 bits per heavy atom. The number of carbonyl (C=O) groups excluding carboxylic acids is 1. The van der Waals surface area contributed by atoms with Gasteiger partial charge in [0.15, 0.2) is 0 Å². The van der Waals surface area contributed by atoms with Crippen molar-refractivity contribution in [2.75, 3.05) is 32.5 Å². The number of benzene rings is 1. The predicted octanol–water partition coefficient (Wildman–Crippen LogP) is 2.47. The van der Waals surface area contributed by atoms with E-state index in [9.17, 15) is 4.79 Å². The number of carbonyl (C=O) groups is 1. The van der Waals surface area contributed by atoms with E-state index in [4.69, 9.17) is 11.6 Å². The zero-order valence-corrected chi connectivity index (χ0v) is 14.2. The number of nitrogens with one attached hydrogen (secondary N) is 2. The second-order valence-electron chi connectivity index (χ2n) is 5.41. The SMILES string of the molecule is Cc1ccc(Nc2nccc(C(=O)NCCN(C)C)n2)cc1Cl. The van der Waals surface area contributed by atoms with Gasteiger partial charge in [0.05, 0.1) is 0 Å². The maximum Gasteiger partial charge on any atom is 0.270 e. The molecule has 2 N–H and O–H groups in total. The number of halogens is 1. The van der Waals surface area contributed by atoms with Crippen molar-refractivity contribution in [2.24, 2.45) is 0 Å². The average molecular weight is 334 g/mol. The van der Waals surface area contributed by atoms with Gasteiger partial charge >= 0.3 is 0 Å². The first-order valence-electron chi connectivity index (χ1n) is 7.25. The highest BCUT2D eigenvalue weighted by Gasteiger charge is 2.09. The molecule has 0 aliphatic carbocycles. The van der Waals surface area contributed by atoms with E-state index in [2.05, 4.69) is 20.6 Å². The van der Waals surface area contributed by atoms with Gasteiger partial charge in [-0.25, -0.2) is 9.97 Å². The molecule has 2 aromatic rings. The van der Waals surface area contributed by atoms with Gasteiger partial charge in [-0.1, -0.05) is 17.7 Å². The number of likely N-dealkylation sites (N-methyl/N-ethyl adjacent to an activating group) is 1. The number of aromatic nitrogens is 2. The van der Waals surface area contributed by atoms with Crippen LogP contribution < -0.4 is 10.6 Å². The summed E-state index contributed by atoms with van der Waals surface area (Å²) >= 11 is 6.10. The quantitative estimate of drug-likeness (QED) is 0.850. The minimum Gasteiger partial charge on any atom is -0.349 e. The van der Waals surface area contributed by atoms with Gasteiger partial charge in [0.1, 0.15) is 5.69 Å². The summed E-state index contributed by atoms with van der Waals surface area (Å²) in [7, 11) is 3.90. The molecule has 0 bridgehead atoms. The number of hydrogen-bond donors (Lipinski definition) is 2. The number of hydrogen-bond acceptors (Lipinski definition) is 5. The maximum absolute atomic E-state index is 12.1. The van der Waals surface area contributed by atoms with E-state index in [1.807, 2.05) is 38.1 Å². The molecule has 23 heavy (non-hydrogen) atoms. The zero-order chi connectivity index (χ0) is 16.8. The number of aryl methyl sites for hydroxylation is 1. The summed E-state index contributed by atoms with van der Waals surface area (Å²) in [6.45, 7) is 3.26. The van der Waals surface area contributed by atoms with E-state index in [0.29, 0.717) is 23.2 Å². The Bertz CT molecular complexity index is 690. The third kappa shape index (κ3) is 5.19. The van der Waals surface area contributed by atoms with Gasteiger partial charge in [-0.15, -0.1) is 0 Å². The van der Waals surface area contributed by atoms with Gasteiger partial charge in [0.25, 0.3) is 5.91 Å². The van der Waals surface area contributed by atoms with Gasteiger partial charge in [-0.3, -0.25) is 4.79 Å². The number of rotatable bonds is 6. The van der Waals surface area contributed by atoms with Crippen molar-refractivity contribution in [3.8, 4) is 0 Å². The molecule has 0 aliphatic heterocycles. The molecular weight excluding hydrogens is 314 g/mol. The highest BCUT2D eigenvalue weighted by Crippen LogP contribution is 2.21. The Morgan fingerprint density at radius 2 is 2.09 bits per heavy atom. The van der Waals surface area contributed by atoms with Crippen LogP contribution in [0.2, 0.25) is 5.02 Å². The Balaban J connectivity index is 2.04. The highest BCUT2D eigenvalue weighted by molar-refractivity contribution is 6.31. The van der Waals surface area contributed by atoms with Crippen LogP contribution in [-0.2, 0) is 0 Å². The Labute approximate surface area is 140 Å². The Hall–Kier alpha value is -2.18. The van der Waals surface area contributed by atoms with E-state index >= 15 is 0 Å². The minimum absolute atomic E-state index is 0.223. The molecule has 122 valence electrons. The lowest BCUT2D eigenvalue weighted by atomic mass is 10.2. The maximum atomic E-state index is 12.1. The summed E-state index contributed by atoms with van der Waals surface area (Å²) < 4.78 is 0. The fraction of sp³-hybridized carbons (Fsp3) is 0.312. The van der Waals surface area contributed by atoms with Crippen molar-refractivity contribution >= 4 is 29.1 Å². The van der Waals surface area contributed by atoms with Gasteiger partial charge in [0.2, 0.25) is 5.95 Å². The molecule has 1 aromatic carbocycles.